The van der Waals surface area contributed by atoms with Gasteiger partial charge in [-0.2, -0.15) is 11.8 Å². The van der Waals surface area contributed by atoms with E-state index in [0.717, 1.165) is 11.3 Å². The number of aryl methyl sites for hydroxylation is 1. The standard InChI is InChI=1S/C14H23NOS/c1-9(2)15-11(5)7-13(12(15)6)14(16)8-17-10(3)4/h7,9-10H,8H2,1-6H3. The van der Waals surface area contributed by atoms with E-state index in [2.05, 4.69) is 39.2 Å². The second-order valence-corrected chi connectivity index (χ2v) is 6.60. The van der Waals surface area contributed by atoms with Gasteiger partial charge in [0.1, 0.15) is 0 Å². The van der Waals surface area contributed by atoms with E-state index in [1.807, 2.05) is 13.0 Å². The molecule has 3 heteroatoms. The Hall–Kier alpha value is -0.700. The van der Waals surface area contributed by atoms with Crippen molar-refractivity contribution in [2.24, 2.45) is 0 Å². The maximum absolute atomic E-state index is 12.1. The van der Waals surface area contributed by atoms with E-state index in [0.29, 0.717) is 17.0 Å². The molecule has 0 saturated heterocycles. The van der Waals surface area contributed by atoms with E-state index in [1.54, 1.807) is 11.8 Å². The first kappa shape index (κ1) is 14.4. The number of ketones is 1. The van der Waals surface area contributed by atoms with Crippen molar-refractivity contribution in [3.63, 3.8) is 0 Å². The molecule has 0 bridgehead atoms. The lowest BCUT2D eigenvalue weighted by Gasteiger charge is -2.13. The molecule has 0 fully saturated rings. The predicted octanol–water partition coefficient (Wildman–Crippen LogP) is 4.01. The van der Waals surface area contributed by atoms with Gasteiger partial charge in [0.05, 0.1) is 5.75 Å². The molecular weight excluding hydrogens is 230 g/mol. The minimum Gasteiger partial charge on any atom is -0.346 e. The van der Waals surface area contributed by atoms with Crippen LogP contribution >= 0.6 is 11.8 Å². The van der Waals surface area contributed by atoms with Gasteiger partial charge in [-0.25, -0.2) is 0 Å². The minimum absolute atomic E-state index is 0.253. The Balaban J connectivity index is 2.92. The summed E-state index contributed by atoms with van der Waals surface area (Å²) in [5.41, 5.74) is 3.17. The molecule has 0 aliphatic heterocycles. The van der Waals surface area contributed by atoms with Gasteiger partial charge in [-0.05, 0) is 39.0 Å². The largest absolute Gasteiger partial charge is 0.346 e. The summed E-state index contributed by atoms with van der Waals surface area (Å²) in [5, 5.41) is 0.507. The summed E-state index contributed by atoms with van der Waals surface area (Å²) in [4.78, 5) is 12.1. The van der Waals surface area contributed by atoms with Crippen molar-refractivity contribution >= 4 is 17.5 Å². The molecule has 0 amide bonds. The summed E-state index contributed by atoms with van der Waals surface area (Å²) in [6, 6.07) is 2.44. The number of carbonyl (C=O) groups is 1. The maximum Gasteiger partial charge on any atom is 0.174 e. The van der Waals surface area contributed by atoms with Gasteiger partial charge < -0.3 is 4.57 Å². The zero-order chi connectivity index (χ0) is 13.2. The summed E-state index contributed by atoms with van der Waals surface area (Å²) >= 11 is 1.71. The molecule has 0 aliphatic rings. The third-order valence-corrected chi connectivity index (χ3v) is 3.94. The molecule has 0 unspecified atom stereocenters. The van der Waals surface area contributed by atoms with Crippen LogP contribution in [0.5, 0.6) is 0 Å². The molecule has 0 N–H and O–H groups in total. The molecule has 96 valence electrons. The number of hydrogen-bond donors (Lipinski definition) is 0. The monoisotopic (exact) mass is 253 g/mol. The highest BCUT2D eigenvalue weighted by Crippen LogP contribution is 2.22. The van der Waals surface area contributed by atoms with Gasteiger partial charge in [0.2, 0.25) is 0 Å². The van der Waals surface area contributed by atoms with Gasteiger partial charge in [0.15, 0.2) is 5.78 Å². The highest BCUT2D eigenvalue weighted by atomic mass is 32.2. The average Bonchev–Trinajstić information content (AvgIpc) is 2.50. The highest BCUT2D eigenvalue weighted by Gasteiger charge is 2.17. The van der Waals surface area contributed by atoms with Crippen LogP contribution in [0.25, 0.3) is 0 Å². The van der Waals surface area contributed by atoms with Crippen molar-refractivity contribution in [1.82, 2.24) is 4.57 Å². The van der Waals surface area contributed by atoms with Gasteiger partial charge in [-0.1, -0.05) is 13.8 Å². The van der Waals surface area contributed by atoms with Crippen LogP contribution in [0.1, 0.15) is 55.5 Å². The molecule has 1 aromatic rings. The number of carbonyl (C=O) groups excluding carboxylic acids is 1. The molecule has 0 atom stereocenters. The number of aromatic nitrogens is 1. The minimum atomic E-state index is 0.253. The second-order valence-electron chi connectivity index (χ2n) is 5.03. The van der Waals surface area contributed by atoms with Crippen LogP contribution in [0.4, 0.5) is 0 Å². The quantitative estimate of drug-likeness (QED) is 0.740. The summed E-state index contributed by atoms with van der Waals surface area (Å²) < 4.78 is 2.23. The molecular formula is C14H23NOS. The van der Waals surface area contributed by atoms with Crippen molar-refractivity contribution in [1.29, 1.82) is 0 Å². The van der Waals surface area contributed by atoms with Gasteiger partial charge in [0.25, 0.3) is 0 Å². The Bertz CT molecular complexity index is 405. The van der Waals surface area contributed by atoms with Crippen LogP contribution in [0.2, 0.25) is 0 Å². The fourth-order valence-corrected chi connectivity index (χ4v) is 2.81. The number of thioether (sulfide) groups is 1. The average molecular weight is 253 g/mol. The molecule has 2 nitrogen and oxygen atoms in total. The Kier molecular flexibility index (Phi) is 4.87. The van der Waals surface area contributed by atoms with E-state index in [1.165, 1.54) is 5.69 Å². The molecule has 1 heterocycles. The van der Waals surface area contributed by atoms with E-state index in [-0.39, 0.29) is 5.78 Å². The number of hydrogen-bond acceptors (Lipinski definition) is 2. The van der Waals surface area contributed by atoms with Gasteiger partial charge in [0, 0.05) is 23.0 Å². The molecule has 1 aromatic heterocycles. The molecule has 1 rings (SSSR count). The fraction of sp³-hybridized carbons (Fsp3) is 0.643. The third-order valence-electron chi connectivity index (χ3n) is 2.85. The van der Waals surface area contributed by atoms with E-state index >= 15 is 0 Å². The van der Waals surface area contributed by atoms with Crippen LogP contribution < -0.4 is 0 Å². The van der Waals surface area contributed by atoms with E-state index < -0.39 is 0 Å². The molecule has 0 spiro atoms. The van der Waals surface area contributed by atoms with Crippen LogP contribution in [0.3, 0.4) is 0 Å². The Morgan fingerprint density at radius 3 is 2.29 bits per heavy atom. The lowest BCUT2D eigenvalue weighted by atomic mass is 10.2. The predicted molar refractivity (Wildman–Crippen MR) is 76.2 cm³/mol. The normalized spacial score (nSPS) is 11.5. The van der Waals surface area contributed by atoms with Gasteiger partial charge >= 0.3 is 0 Å². The van der Waals surface area contributed by atoms with Crippen LogP contribution in [-0.2, 0) is 0 Å². The highest BCUT2D eigenvalue weighted by molar-refractivity contribution is 8.00. The van der Waals surface area contributed by atoms with Crippen molar-refractivity contribution in [3.8, 4) is 0 Å². The Morgan fingerprint density at radius 2 is 1.88 bits per heavy atom. The van der Waals surface area contributed by atoms with Crippen molar-refractivity contribution in [3.05, 3.63) is 23.0 Å². The lowest BCUT2D eigenvalue weighted by Crippen LogP contribution is -2.09. The Labute approximate surface area is 109 Å². The van der Waals surface area contributed by atoms with E-state index in [9.17, 15) is 4.79 Å². The molecule has 17 heavy (non-hydrogen) atoms. The third kappa shape index (κ3) is 3.38. The number of rotatable bonds is 5. The molecule has 0 aliphatic carbocycles. The van der Waals surface area contributed by atoms with Crippen LogP contribution in [-0.4, -0.2) is 21.4 Å². The first-order chi connectivity index (χ1) is 7.84. The van der Waals surface area contributed by atoms with Crippen LogP contribution in [0, 0.1) is 13.8 Å². The molecule has 0 radical (unpaired) electrons. The van der Waals surface area contributed by atoms with Crippen molar-refractivity contribution in [2.45, 2.75) is 52.8 Å². The molecule has 0 saturated carbocycles. The summed E-state index contributed by atoms with van der Waals surface area (Å²) in [6.07, 6.45) is 0. The first-order valence-electron chi connectivity index (χ1n) is 6.17. The molecule has 0 aromatic carbocycles. The topological polar surface area (TPSA) is 22.0 Å². The zero-order valence-corrected chi connectivity index (χ0v) is 12.5. The van der Waals surface area contributed by atoms with Gasteiger partial charge in [-0.3, -0.25) is 4.79 Å². The fourth-order valence-electron chi connectivity index (χ4n) is 2.17. The smallest absolute Gasteiger partial charge is 0.174 e. The summed E-state index contributed by atoms with van der Waals surface area (Å²) in [6.45, 7) is 12.7. The second kappa shape index (κ2) is 5.76. The maximum atomic E-state index is 12.1. The SMILES string of the molecule is Cc1cc(C(=O)CSC(C)C)c(C)n1C(C)C. The number of Topliss-reactive ketones (excluding diaryl/α,β-unsaturated/α-hetero) is 1. The van der Waals surface area contributed by atoms with Crippen molar-refractivity contribution < 1.29 is 4.79 Å². The van der Waals surface area contributed by atoms with Gasteiger partial charge in [-0.15, -0.1) is 0 Å². The van der Waals surface area contributed by atoms with Crippen LogP contribution in [0.15, 0.2) is 6.07 Å². The first-order valence-corrected chi connectivity index (χ1v) is 7.22. The number of nitrogens with zero attached hydrogens (tertiary/aromatic N) is 1. The van der Waals surface area contributed by atoms with Crippen molar-refractivity contribution in [2.75, 3.05) is 5.75 Å². The Morgan fingerprint density at radius 1 is 1.29 bits per heavy atom. The van der Waals surface area contributed by atoms with E-state index in [4.69, 9.17) is 0 Å². The summed E-state index contributed by atoms with van der Waals surface area (Å²) in [5.74, 6) is 0.837. The lowest BCUT2D eigenvalue weighted by molar-refractivity contribution is 0.102. The summed E-state index contributed by atoms with van der Waals surface area (Å²) in [7, 11) is 0. The zero-order valence-electron chi connectivity index (χ0n) is 11.7.